The molecule has 0 bridgehead atoms. The van der Waals surface area contributed by atoms with Gasteiger partial charge in [-0.2, -0.15) is 0 Å². The number of rotatable bonds is 3. The Hall–Kier alpha value is -1.39. The third-order valence-electron chi connectivity index (χ3n) is 3.69. The van der Waals surface area contributed by atoms with E-state index in [1.165, 1.54) is 25.1 Å². The Morgan fingerprint density at radius 2 is 2.33 bits per heavy atom. The smallest absolute Gasteiger partial charge is 0.136 e. The molecule has 3 rings (SSSR count). The number of hydrogen-bond acceptors (Lipinski definition) is 3. The van der Waals surface area contributed by atoms with Crippen LogP contribution in [0.25, 0.3) is 5.65 Å². The van der Waals surface area contributed by atoms with Crippen molar-refractivity contribution >= 4 is 5.65 Å². The number of piperidine rings is 1. The summed E-state index contributed by atoms with van der Waals surface area (Å²) < 4.78 is 2.09. The van der Waals surface area contributed by atoms with Crippen molar-refractivity contribution in [3.8, 4) is 0 Å². The van der Waals surface area contributed by atoms with E-state index >= 15 is 0 Å². The van der Waals surface area contributed by atoms with Crippen LogP contribution in [-0.4, -0.2) is 22.5 Å². The normalized spacial score (nSPS) is 20.4. The predicted octanol–water partition coefficient (Wildman–Crippen LogP) is 1.34. The topological polar surface area (TPSA) is 55.3 Å². The Morgan fingerprint density at radius 3 is 3.11 bits per heavy atom. The van der Waals surface area contributed by atoms with Gasteiger partial charge in [0.15, 0.2) is 0 Å². The van der Waals surface area contributed by atoms with Crippen LogP contribution in [0.3, 0.4) is 0 Å². The van der Waals surface area contributed by atoms with Crippen molar-refractivity contribution < 1.29 is 0 Å². The van der Waals surface area contributed by atoms with Gasteiger partial charge in [-0.25, -0.2) is 4.98 Å². The van der Waals surface area contributed by atoms with E-state index in [9.17, 15) is 0 Å². The van der Waals surface area contributed by atoms with Crippen LogP contribution >= 0.6 is 0 Å². The summed E-state index contributed by atoms with van der Waals surface area (Å²) in [4.78, 5) is 4.68. The van der Waals surface area contributed by atoms with Crippen LogP contribution in [0.4, 0.5) is 0 Å². The van der Waals surface area contributed by atoms with E-state index < -0.39 is 0 Å². The summed E-state index contributed by atoms with van der Waals surface area (Å²) in [7, 11) is 0. The van der Waals surface area contributed by atoms with E-state index in [1.807, 2.05) is 12.1 Å². The summed E-state index contributed by atoms with van der Waals surface area (Å²) in [5, 5.41) is 3.46. The molecule has 2 aromatic rings. The van der Waals surface area contributed by atoms with Gasteiger partial charge in [-0.1, -0.05) is 6.07 Å². The van der Waals surface area contributed by atoms with Gasteiger partial charge in [0.2, 0.25) is 0 Å². The zero-order valence-electron chi connectivity index (χ0n) is 10.6. The maximum Gasteiger partial charge on any atom is 0.136 e. The highest BCUT2D eigenvalue weighted by molar-refractivity contribution is 5.41. The molecular weight excluding hydrogens is 224 g/mol. The van der Waals surface area contributed by atoms with E-state index in [0.717, 1.165) is 30.1 Å². The second-order valence-corrected chi connectivity index (χ2v) is 5.16. The largest absolute Gasteiger partial charge is 0.326 e. The quantitative estimate of drug-likeness (QED) is 0.856. The summed E-state index contributed by atoms with van der Waals surface area (Å²) in [6, 6.07) is 4.10. The highest BCUT2D eigenvalue weighted by Gasteiger charge is 2.15. The molecule has 1 fully saturated rings. The summed E-state index contributed by atoms with van der Waals surface area (Å²) in [6.07, 6.45) is 7.89. The van der Waals surface area contributed by atoms with Gasteiger partial charge in [0.05, 0.1) is 5.69 Å². The molecule has 3 heterocycles. The molecule has 0 saturated carbocycles. The average Bonchev–Trinajstić information content (AvgIpc) is 2.80. The number of aromatic nitrogens is 2. The number of nitrogens with two attached hydrogens (primary N) is 1. The summed E-state index contributed by atoms with van der Waals surface area (Å²) >= 11 is 0. The van der Waals surface area contributed by atoms with E-state index in [2.05, 4.69) is 27.1 Å². The third kappa shape index (κ3) is 2.40. The molecule has 1 aliphatic rings. The Morgan fingerprint density at radius 1 is 1.39 bits per heavy atom. The Kier molecular flexibility index (Phi) is 3.30. The Bertz CT molecular complexity index is 526. The minimum Gasteiger partial charge on any atom is -0.326 e. The fraction of sp³-hybridized carbons (Fsp3) is 0.500. The van der Waals surface area contributed by atoms with Gasteiger partial charge in [-0.3, -0.25) is 0 Å². The van der Waals surface area contributed by atoms with Crippen molar-refractivity contribution in [2.45, 2.75) is 25.8 Å². The molecule has 2 aromatic heterocycles. The number of nitrogens with zero attached hydrogens (tertiary/aromatic N) is 2. The molecule has 0 aliphatic carbocycles. The van der Waals surface area contributed by atoms with Gasteiger partial charge in [0.25, 0.3) is 0 Å². The first-order valence-electron chi connectivity index (χ1n) is 6.72. The number of nitrogens with one attached hydrogen (secondary N) is 1. The van der Waals surface area contributed by atoms with Crippen molar-refractivity contribution in [3.05, 3.63) is 35.8 Å². The summed E-state index contributed by atoms with van der Waals surface area (Å²) in [5.41, 5.74) is 9.01. The molecule has 1 saturated heterocycles. The number of fused-ring (bicyclic) bond motifs is 1. The third-order valence-corrected chi connectivity index (χ3v) is 3.69. The van der Waals surface area contributed by atoms with E-state index in [-0.39, 0.29) is 0 Å². The molecule has 3 N–H and O–H groups in total. The SMILES string of the molecule is NCc1ccc2nc(CC3CCCNC3)cn2c1. The first kappa shape index (κ1) is 11.7. The van der Waals surface area contributed by atoms with Gasteiger partial charge in [-0.05, 0) is 49.9 Å². The second-order valence-electron chi connectivity index (χ2n) is 5.16. The number of imidazole rings is 1. The maximum absolute atomic E-state index is 5.66. The lowest BCUT2D eigenvalue weighted by Crippen LogP contribution is -2.30. The fourth-order valence-electron chi connectivity index (χ4n) is 2.70. The van der Waals surface area contributed by atoms with E-state index in [1.54, 1.807) is 0 Å². The second kappa shape index (κ2) is 5.08. The van der Waals surface area contributed by atoms with Crippen LogP contribution in [0.1, 0.15) is 24.1 Å². The zero-order chi connectivity index (χ0) is 12.4. The van der Waals surface area contributed by atoms with Crippen molar-refractivity contribution in [3.63, 3.8) is 0 Å². The van der Waals surface area contributed by atoms with Crippen molar-refractivity contribution in [1.82, 2.24) is 14.7 Å². The maximum atomic E-state index is 5.66. The molecule has 0 spiro atoms. The number of hydrogen-bond donors (Lipinski definition) is 2. The average molecular weight is 244 g/mol. The molecule has 1 unspecified atom stereocenters. The van der Waals surface area contributed by atoms with Crippen LogP contribution in [0.5, 0.6) is 0 Å². The van der Waals surface area contributed by atoms with Crippen molar-refractivity contribution in [2.24, 2.45) is 11.7 Å². The molecule has 0 radical (unpaired) electrons. The minimum absolute atomic E-state index is 0.579. The minimum atomic E-state index is 0.579. The lowest BCUT2D eigenvalue weighted by Gasteiger charge is -2.21. The van der Waals surface area contributed by atoms with Gasteiger partial charge in [-0.15, -0.1) is 0 Å². The Balaban J connectivity index is 1.79. The van der Waals surface area contributed by atoms with Crippen LogP contribution in [0.15, 0.2) is 24.5 Å². The van der Waals surface area contributed by atoms with Gasteiger partial charge in [0, 0.05) is 18.9 Å². The van der Waals surface area contributed by atoms with Crippen LogP contribution in [-0.2, 0) is 13.0 Å². The van der Waals surface area contributed by atoms with Crippen molar-refractivity contribution in [1.29, 1.82) is 0 Å². The lowest BCUT2D eigenvalue weighted by molar-refractivity contribution is 0.374. The fourth-order valence-corrected chi connectivity index (χ4v) is 2.70. The van der Waals surface area contributed by atoms with Crippen LogP contribution < -0.4 is 11.1 Å². The standard InChI is InChI=1S/C14H20N4/c15-7-12-3-4-14-17-13(10-18(14)9-12)6-11-2-1-5-16-8-11/h3-4,9-11,16H,1-2,5-8,15H2. The molecular formula is C14H20N4. The highest BCUT2D eigenvalue weighted by atomic mass is 15.0. The lowest BCUT2D eigenvalue weighted by atomic mass is 9.95. The highest BCUT2D eigenvalue weighted by Crippen LogP contribution is 2.16. The zero-order valence-corrected chi connectivity index (χ0v) is 10.6. The van der Waals surface area contributed by atoms with Gasteiger partial charge in [0.1, 0.15) is 5.65 Å². The number of pyridine rings is 1. The Labute approximate surface area is 107 Å². The molecule has 4 nitrogen and oxygen atoms in total. The molecule has 1 atom stereocenters. The van der Waals surface area contributed by atoms with Crippen LogP contribution in [0.2, 0.25) is 0 Å². The molecule has 0 amide bonds. The molecule has 4 heteroatoms. The molecule has 1 aliphatic heterocycles. The molecule has 96 valence electrons. The van der Waals surface area contributed by atoms with Crippen molar-refractivity contribution in [2.75, 3.05) is 13.1 Å². The predicted molar refractivity (Wildman–Crippen MR) is 72.4 cm³/mol. The molecule has 0 aromatic carbocycles. The summed E-state index contributed by atoms with van der Waals surface area (Å²) in [6.45, 7) is 2.87. The van der Waals surface area contributed by atoms with E-state index in [4.69, 9.17) is 5.73 Å². The van der Waals surface area contributed by atoms with Crippen LogP contribution in [0, 0.1) is 5.92 Å². The monoisotopic (exact) mass is 244 g/mol. The van der Waals surface area contributed by atoms with E-state index in [0.29, 0.717) is 6.54 Å². The first-order valence-corrected chi connectivity index (χ1v) is 6.72. The van der Waals surface area contributed by atoms with Gasteiger partial charge < -0.3 is 15.5 Å². The molecule has 18 heavy (non-hydrogen) atoms. The van der Waals surface area contributed by atoms with Gasteiger partial charge >= 0.3 is 0 Å². The first-order chi connectivity index (χ1) is 8.85. The summed E-state index contributed by atoms with van der Waals surface area (Å²) in [5.74, 6) is 0.734.